The third-order valence-electron chi connectivity index (χ3n) is 3.35. The molecule has 0 bridgehead atoms. The molecule has 2 aromatic heterocycles. The Balaban J connectivity index is 2.38. The van der Waals surface area contributed by atoms with Crippen molar-refractivity contribution in [1.29, 1.82) is 0 Å². The molecule has 0 aliphatic heterocycles. The lowest BCUT2D eigenvalue weighted by Crippen LogP contribution is -2.41. The van der Waals surface area contributed by atoms with E-state index in [0.717, 1.165) is 0 Å². The van der Waals surface area contributed by atoms with Crippen molar-refractivity contribution in [2.75, 3.05) is 6.54 Å². The third-order valence-corrected chi connectivity index (χ3v) is 3.35. The van der Waals surface area contributed by atoms with E-state index in [1.807, 2.05) is 26.0 Å². The first kappa shape index (κ1) is 14.0. The third kappa shape index (κ3) is 2.64. The van der Waals surface area contributed by atoms with Crippen molar-refractivity contribution in [3.05, 3.63) is 36.2 Å². The second-order valence-electron chi connectivity index (χ2n) is 4.67. The zero-order valence-corrected chi connectivity index (χ0v) is 11.5. The number of nitrogens with zero attached hydrogens (tertiary/aromatic N) is 3. The minimum Gasteiger partial charge on any atom is -0.480 e. The molecule has 1 amide bonds. The van der Waals surface area contributed by atoms with E-state index < -0.39 is 5.97 Å². The van der Waals surface area contributed by atoms with Gasteiger partial charge in [-0.3, -0.25) is 9.59 Å². The van der Waals surface area contributed by atoms with Crippen molar-refractivity contribution in [2.24, 2.45) is 0 Å². The first-order chi connectivity index (χ1) is 9.54. The van der Waals surface area contributed by atoms with Gasteiger partial charge in [-0.2, -0.15) is 5.10 Å². The number of pyridine rings is 1. The number of rotatable bonds is 5. The van der Waals surface area contributed by atoms with Crippen LogP contribution < -0.4 is 0 Å². The molecule has 6 nitrogen and oxygen atoms in total. The molecule has 0 aliphatic rings. The van der Waals surface area contributed by atoms with E-state index in [9.17, 15) is 9.59 Å². The normalized spacial score (nSPS) is 12.3. The SMILES string of the molecule is CCC(C)N(CC(=O)O)C(=O)c1cnn2ccccc12. The molecule has 0 saturated heterocycles. The van der Waals surface area contributed by atoms with Crippen LogP contribution in [0.1, 0.15) is 30.6 Å². The molecule has 2 rings (SSSR count). The number of hydrogen-bond donors (Lipinski definition) is 1. The molecule has 0 fully saturated rings. The smallest absolute Gasteiger partial charge is 0.323 e. The summed E-state index contributed by atoms with van der Waals surface area (Å²) in [6.07, 6.45) is 3.92. The zero-order chi connectivity index (χ0) is 14.7. The topological polar surface area (TPSA) is 74.9 Å². The average molecular weight is 275 g/mol. The Labute approximate surface area is 116 Å². The van der Waals surface area contributed by atoms with Gasteiger partial charge in [-0.05, 0) is 25.5 Å². The van der Waals surface area contributed by atoms with Crippen molar-refractivity contribution in [3.8, 4) is 0 Å². The maximum absolute atomic E-state index is 12.6. The number of aliphatic carboxylic acids is 1. The minimum absolute atomic E-state index is 0.141. The summed E-state index contributed by atoms with van der Waals surface area (Å²) in [5.74, 6) is -1.32. The Hall–Kier alpha value is -2.37. The van der Waals surface area contributed by atoms with Crippen LogP contribution in [0.4, 0.5) is 0 Å². The average Bonchev–Trinajstić information content (AvgIpc) is 2.87. The summed E-state index contributed by atoms with van der Waals surface area (Å²) in [5, 5.41) is 13.1. The van der Waals surface area contributed by atoms with Crippen molar-refractivity contribution in [3.63, 3.8) is 0 Å². The van der Waals surface area contributed by atoms with Gasteiger partial charge < -0.3 is 10.0 Å². The fourth-order valence-electron chi connectivity index (χ4n) is 2.05. The summed E-state index contributed by atoms with van der Waals surface area (Å²) in [4.78, 5) is 24.9. The van der Waals surface area contributed by atoms with E-state index >= 15 is 0 Å². The van der Waals surface area contributed by atoms with E-state index in [2.05, 4.69) is 5.10 Å². The first-order valence-electron chi connectivity index (χ1n) is 6.49. The predicted molar refractivity (Wildman–Crippen MR) is 73.6 cm³/mol. The molecule has 2 aromatic rings. The monoisotopic (exact) mass is 275 g/mol. The largest absolute Gasteiger partial charge is 0.480 e. The molecule has 0 radical (unpaired) electrons. The second-order valence-corrected chi connectivity index (χ2v) is 4.67. The zero-order valence-electron chi connectivity index (χ0n) is 11.5. The van der Waals surface area contributed by atoms with Gasteiger partial charge >= 0.3 is 5.97 Å². The van der Waals surface area contributed by atoms with Crippen LogP contribution in [-0.4, -0.2) is 44.1 Å². The minimum atomic E-state index is -1.02. The molecule has 0 aliphatic carbocycles. The van der Waals surface area contributed by atoms with Crippen LogP contribution in [0.25, 0.3) is 5.52 Å². The molecular formula is C14H17N3O3. The molecule has 1 unspecified atom stereocenters. The number of fused-ring (bicyclic) bond motifs is 1. The molecule has 0 spiro atoms. The van der Waals surface area contributed by atoms with Crippen LogP contribution in [0.5, 0.6) is 0 Å². The Bertz CT molecular complexity index is 635. The van der Waals surface area contributed by atoms with Gasteiger partial charge in [0.1, 0.15) is 6.54 Å². The number of carboxylic acid groups (broad SMARTS) is 1. The standard InChI is InChI=1S/C14H17N3O3/c1-3-10(2)16(9-13(18)19)14(20)11-8-15-17-7-5-4-6-12(11)17/h4-8,10H,3,9H2,1-2H3,(H,18,19). The van der Waals surface area contributed by atoms with E-state index in [-0.39, 0.29) is 18.5 Å². The van der Waals surface area contributed by atoms with Crippen LogP contribution in [0.3, 0.4) is 0 Å². The van der Waals surface area contributed by atoms with Crippen LogP contribution >= 0.6 is 0 Å². The Morgan fingerprint density at radius 2 is 2.20 bits per heavy atom. The van der Waals surface area contributed by atoms with Gasteiger partial charge in [-0.15, -0.1) is 0 Å². The number of carboxylic acids is 1. The summed E-state index contributed by atoms with van der Waals surface area (Å²) in [6, 6.07) is 5.28. The highest BCUT2D eigenvalue weighted by Gasteiger charge is 2.25. The summed E-state index contributed by atoms with van der Waals surface area (Å²) >= 11 is 0. The van der Waals surface area contributed by atoms with Gasteiger partial charge in [0.2, 0.25) is 0 Å². The van der Waals surface area contributed by atoms with Gasteiger partial charge in [-0.1, -0.05) is 13.0 Å². The van der Waals surface area contributed by atoms with Gasteiger partial charge in [-0.25, -0.2) is 4.52 Å². The molecule has 106 valence electrons. The molecule has 0 saturated carbocycles. The molecule has 1 atom stereocenters. The van der Waals surface area contributed by atoms with Gasteiger partial charge in [0.15, 0.2) is 0 Å². The summed E-state index contributed by atoms with van der Waals surface area (Å²) in [6.45, 7) is 3.45. The molecule has 0 aromatic carbocycles. The summed E-state index contributed by atoms with van der Waals surface area (Å²) in [7, 11) is 0. The molecule has 1 N–H and O–H groups in total. The Morgan fingerprint density at radius 1 is 1.45 bits per heavy atom. The van der Waals surface area contributed by atoms with Crippen LogP contribution in [-0.2, 0) is 4.79 Å². The van der Waals surface area contributed by atoms with E-state index in [4.69, 9.17) is 5.11 Å². The molecule has 2 heterocycles. The molecule has 20 heavy (non-hydrogen) atoms. The lowest BCUT2D eigenvalue weighted by atomic mass is 10.1. The van der Waals surface area contributed by atoms with Crippen LogP contribution in [0.2, 0.25) is 0 Å². The second kappa shape index (κ2) is 5.73. The summed E-state index contributed by atoms with van der Waals surface area (Å²) < 4.78 is 1.60. The van der Waals surface area contributed by atoms with Gasteiger partial charge in [0, 0.05) is 12.2 Å². The van der Waals surface area contributed by atoms with E-state index in [0.29, 0.717) is 17.5 Å². The van der Waals surface area contributed by atoms with Crippen molar-refractivity contribution in [1.82, 2.24) is 14.5 Å². The van der Waals surface area contributed by atoms with Crippen LogP contribution in [0.15, 0.2) is 30.6 Å². The highest BCUT2D eigenvalue weighted by atomic mass is 16.4. The predicted octanol–water partition coefficient (Wildman–Crippen LogP) is 1.66. The Kier molecular flexibility index (Phi) is 4.02. The van der Waals surface area contributed by atoms with Crippen molar-refractivity contribution < 1.29 is 14.7 Å². The van der Waals surface area contributed by atoms with Crippen LogP contribution in [0, 0.1) is 0 Å². The van der Waals surface area contributed by atoms with Crippen molar-refractivity contribution >= 4 is 17.4 Å². The molecule has 6 heteroatoms. The highest BCUT2D eigenvalue weighted by Crippen LogP contribution is 2.15. The number of carbonyl (C=O) groups excluding carboxylic acids is 1. The number of carbonyl (C=O) groups is 2. The lowest BCUT2D eigenvalue weighted by Gasteiger charge is -2.26. The molecular weight excluding hydrogens is 258 g/mol. The van der Waals surface area contributed by atoms with Gasteiger partial charge in [0.25, 0.3) is 5.91 Å². The first-order valence-corrected chi connectivity index (χ1v) is 6.49. The number of aromatic nitrogens is 2. The maximum atomic E-state index is 12.6. The van der Waals surface area contributed by atoms with E-state index in [1.54, 1.807) is 16.8 Å². The van der Waals surface area contributed by atoms with Gasteiger partial charge in [0.05, 0.1) is 17.3 Å². The Morgan fingerprint density at radius 3 is 2.85 bits per heavy atom. The summed E-state index contributed by atoms with van der Waals surface area (Å²) in [5.41, 5.74) is 1.10. The fraction of sp³-hybridized carbons (Fsp3) is 0.357. The van der Waals surface area contributed by atoms with Crippen molar-refractivity contribution in [2.45, 2.75) is 26.3 Å². The maximum Gasteiger partial charge on any atom is 0.323 e. The quantitative estimate of drug-likeness (QED) is 0.900. The number of hydrogen-bond acceptors (Lipinski definition) is 3. The highest BCUT2D eigenvalue weighted by molar-refractivity contribution is 6.01. The van der Waals surface area contributed by atoms with E-state index in [1.165, 1.54) is 11.1 Å². The fourth-order valence-corrected chi connectivity index (χ4v) is 2.05. The lowest BCUT2D eigenvalue weighted by molar-refractivity contribution is -0.138. The number of amides is 1.